The van der Waals surface area contributed by atoms with Crippen molar-refractivity contribution >= 4 is 12.2 Å². The Balaban J connectivity index is 1.94. The average Bonchev–Trinajstić information content (AvgIpc) is 2.61. The molecule has 0 saturated carbocycles. The molecule has 2 nitrogen and oxygen atoms in total. The summed E-state index contributed by atoms with van der Waals surface area (Å²) in [5.41, 5.74) is 5.23. The molecule has 0 aliphatic rings. The number of hydrogen-bond acceptors (Lipinski definition) is 1. The summed E-state index contributed by atoms with van der Waals surface area (Å²) < 4.78 is 1.79. The lowest BCUT2D eigenvalue weighted by atomic mass is 10.0. The van der Waals surface area contributed by atoms with Gasteiger partial charge in [0.05, 0.1) is 6.54 Å². The molecular formula is C22H21NO. The molecule has 120 valence electrons. The zero-order valence-electron chi connectivity index (χ0n) is 14.1. The molecule has 0 radical (unpaired) electrons. The second kappa shape index (κ2) is 7.14. The summed E-state index contributed by atoms with van der Waals surface area (Å²) in [5, 5.41) is 0. The van der Waals surface area contributed by atoms with Gasteiger partial charge in [-0.25, -0.2) is 0 Å². The Bertz CT molecular complexity index is 906. The van der Waals surface area contributed by atoms with Gasteiger partial charge in [-0.15, -0.1) is 0 Å². The Hall–Kier alpha value is -2.87. The summed E-state index contributed by atoms with van der Waals surface area (Å²) >= 11 is 0. The maximum Gasteiger partial charge on any atom is 0.254 e. The zero-order valence-corrected chi connectivity index (χ0v) is 14.1. The van der Waals surface area contributed by atoms with Gasteiger partial charge in [0.2, 0.25) is 0 Å². The third-order valence-electron chi connectivity index (χ3n) is 4.20. The standard InChI is InChI=1S/C22H21NO/c1-17-15-23(16-20-11-7-4-8-12-20)22(24)18(2)21(17)14-13-19-9-5-3-6-10-19/h3-15H,16H2,1-2H3/b14-13+. The first-order valence-corrected chi connectivity index (χ1v) is 8.13. The third-order valence-corrected chi connectivity index (χ3v) is 4.20. The topological polar surface area (TPSA) is 22.0 Å². The second-order valence-corrected chi connectivity index (χ2v) is 6.01. The van der Waals surface area contributed by atoms with Crippen LogP contribution >= 0.6 is 0 Å². The van der Waals surface area contributed by atoms with Gasteiger partial charge in [-0.1, -0.05) is 72.8 Å². The minimum Gasteiger partial charge on any atom is -0.311 e. The number of benzene rings is 2. The summed E-state index contributed by atoms with van der Waals surface area (Å²) in [6.45, 7) is 4.56. The van der Waals surface area contributed by atoms with Crippen molar-refractivity contribution in [1.29, 1.82) is 0 Å². The number of aromatic nitrogens is 1. The van der Waals surface area contributed by atoms with E-state index >= 15 is 0 Å². The molecular weight excluding hydrogens is 294 g/mol. The van der Waals surface area contributed by atoms with Crippen molar-refractivity contribution in [2.75, 3.05) is 0 Å². The fraction of sp³-hybridized carbons (Fsp3) is 0.136. The van der Waals surface area contributed by atoms with E-state index in [0.717, 1.165) is 27.8 Å². The molecule has 0 saturated heterocycles. The van der Waals surface area contributed by atoms with Crippen molar-refractivity contribution in [1.82, 2.24) is 4.57 Å². The fourth-order valence-corrected chi connectivity index (χ4v) is 2.89. The monoisotopic (exact) mass is 315 g/mol. The van der Waals surface area contributed by atoms with E-state index in [1.54, 1.807) is 4.57 Å². The van der Waals surface area contributed by atoms with Gasteiger partial charge in [-0.2, -0.15) is 0 Å². The van der Waals surface area contributed by atoms with Gasteiger partial charge in [0, 0.05) is 11.8 Å². The van der Waals surface area contributed by atoms with Crippen LogP contribution in [0.1, 0.15) is 27.8 Å². The van der Waals surface area contributed by atoms with Gasteiger partial charge in [0.25, 0.3) is 5.56 Å². The van der Waals surface area contributed by atoms with Gasteiger partial charge in [0.15, 0.2) is 0 Å². The Labute approximate surface area is 142 Å². The van der Waals surface area contributed by atoms with E-state index in [1.807, 2.05) is 67.7 Å². The largest absolute Gasteiger partial charge is 0.311 e. The lowest BCUT2D eigenvalue weighted by Gasteiger charge is -2.12. The molecule has 2 aromatic carbocycles. The van der Waals surface area contributed by atoms with Crippen LogP contribution in [0.5, 0.6) is 0 Å². The van der Waals surface area contributed by atoms with E-state index in [0.29, 0.717) is 6.54 Å². The highest BCUT2D eigenvalue weighted by atomic mass is 16.1. The van der Waals surface area contributed by atoms with Gasteiger partial charge < -0.3 is 4.57 Å². The van der Waals surface area contributed by atoms with Crippen LogP contribution < -0.4 is 5.56 Å². The van der Waals surface area contributed by atoms with E-state index in [2.05, 4.69) is 25.1 Å². The summed E-state index contributed by atoms with van der Waals surface area (Å²) in [6.07, 6.45) is 6.04. The van der Waals surface area contributed by atoms with Crippen molar-refractivity contribution in [3.63, 3.8) is 0 Å². The normalized spacial score (nSPS) is 11.1. The number of aryl methyl sites for hydroxylation is 1. The minimum absolute atomic E-state index is 0.0668. The first-order valence-electron chi connectivity index (χ1n) is 8.13. The zero-order chi connectivity index (χ0) is 16.9. The molecule has 1 aromatic heterocycles. The van der Waals surface area contributed by atoms with Crippen molar-refractivity contribution in [3.05, 3.63) is 105 Å². The van der Waals surface area contributed by atoms with E-state index in [-0.39, 0.29) is 5.56 Å². The quantitative estimate of drug-likeness (QED) is 0.685. The lowest BCUT2D eigenvalue weighted by Crippen LogP contribution is -2.24. The lowest BCUT2D eigenvalue weighted by molar-refractivity contribution is 0.746. The summed E-state index contributed by atoms with van der Waals surface area (Å²) in [7, 11) is 0. The molecule has 3 aromatic rings. The van der Waals surface area contributed by atoms with Gasteiger partial charge in [0.1, 0.15) is 0 Å². The molecule has 2 heteroatoms. The van der Waals surface area contributed by atoms with Crippen molar-refractivity contribution in [3.8, 4) is 0 Å². The molecule has 0 aliphatic carbocycles. The first kappa shape index (κ1) is 16.0. The molecule has 0 fully saturated rings. The molecule has 0 N–H and O–H groups in total. The highest BCUT2D eigenvalue weighted by molar-refractivity contribution is 5.72. The van der Waals surface area contributed by atoms with Crippen molar-refractivity contribution in [2.24, 2.45) is 0 Å². The van der Waals surface area contributed by atoms with Crippen molar-refractivity contribution in [2.45, 2.75) is 20.4 Å². The predicted molar refractivity (Wildman–Crippen MR) is 101 cm³/mol. The Morgan fingerprint density at radius 1 is 0.875 bits per heavy atom. The van der Waals surface area contributed by atoms with E-state index in [1.165, 1.54) is 0 Å². The Kier molecular flexibility index (Phi) is 4.76. The minimum atomic E-state index is 0.0668. The van der Waals surface area contributed by atoms with Gasteiger partial charge in [-0.05, 0) is 36.1 Å². The molecule has 3 rings (SSSR count). The number of rotatable bonds is 4. The van der Waals surface area contributed by atoms with E-state index in [4.69, 9.17) is 0 Å². The van der Waals surface area contributed by atoms with Crippen LogP contribution in [0.25, 0.3) is 12.2 Å². The van der Waals surface area contributed by atoms with Crippen LogP contribution in [0.4, 0.5) is 0 Å². The number of hydrogen-bond donors (Lipinski definition) is 0. The molecule has 1 heterocycles. The smallest absolute Gasteiger partial charge is 0.254 e. The highest BCUT2D eigenvalue weighted by Crippen LogP contribution is 2.15. The van der Waals surface area contributed by atoms with Crippen molar-refractivity contribution < 1.29 is 0 Å². The van der Waals surface area contributed by atoms with Gasteiger partial charge in [-0.3, -0.25) is 4.79 Å². The van der Waals surface area contributed by atoms with Crippen LogP contribution in [-0.4, -0.2) is 4.57 Å². The van der Waals surface area contributed by atoms with Crippen LogP contribution in [0.3, 0.4) is 0 Å². The molecule has 0 unspecified atom stereocenters. The SMILES string of the molecule is Cc1cn(Cc2ccccc2)c(=O)c(C)c1/C=C/c1ccccc1. The summed E-state index contributed by atoms with van der Waals surface area (Å²) in [4.78, 5) is 12.7. The molecule has 0 atom stereocenters. The molecule has 0 aliphatic heterocycles. The van der Waals surface area contributed by atoms with Crippen LogP contribution in [0.2, 0.25) is 0 Å². The summed E-state index contributed by atoms with van der Waals surface area (Å²) in [5.74, 6) is 0. The second-order valence-electron chi connectivity index (χ2n) is 6.01. The van der Waals surface area contributed by atoms with Crippen LogP contribution in [-0.2, 0) is 6.54 Å². The Morgan fingerprint density at radius 2 is 1.50 bits per heavy atom. The fourth-order valence-electron chi connectivity index (χ4n) is 2.89. The maximum absolute atomic E-state index is 12.7. The average molecular weight is 315 g/mol. The van der Waals surface area contributed by atoms with Crippen LogP contribution in [0.15, 0.2) is 71.7 Å². The highest BCUT2D eigenvalue weighted by Gasteiger charge is 2.08. The van der Waals surface area contributed by atoms with E-state index < -0.39 is 0 Å². The Morgan fingerprint density at radius 3 is 2.17 bits per heavy atom. The van der Waals surface area contributed by atoms with E-state index in [9.17, 15) is 4.79 Å². The van der Waals surface area contributed by atoms with Crippen LogP contribution in [0, 0.1) is 13.8 Å². The summed E-state index contributed by atoms with van der Waals surface area (Å²) in [6, 6.07) is 20.2. The third kappa shape index (κ3) is 3.54. The maximum atomic E-state index is 12.7. The number of nitrogens with zero attached hydrogens (tertiary/aromatic N) is 1. The molecule has 0 spiro atoms. The first-order chi connectivity index (χ1) is 11.6. The number of pyridine rings is 1. The molecule has 0 bridgehead atoms. The predicted octanol–water partition coefficient (Wildman–Crippen LogP) is 4.68. The molecule has 24 heavy (non-hydrogen) atoms. The van der Waals surface area contributed by atoms with Gasteiger partial charge >= 0.3 is 0 Å². The molecule has 0 amide bonds.